The molecule has 0 aromatic heterocycles. The summed E-state index contributed by atoms with van der Waals surface area (Å²) in [6, 6.07) is 8.09. The van der Waals surface area contributed by atoms with E-state index in [0.717, 1.165) is 18.6 Å². The smallest absolute Gasteiger partial charge is 0.122 e. The Morgan fingerprint density at radius 2 is 1.94 bits per heavy atom. The molecule has 1 rings (SSSR count). The number of benzene rings is 1. The highest BCUT2D eigenvalue weighted by molar-refractivity contribution is 5.33. The standard InChI is InChI=1S/C16H26O2/c1-3-4-5-6-9-14(13-17)12-15-10-7-8-11-16(15)18-2/h7-8,10-11,14,17H,3-6,9,12-13H2,1-2H3. The Hall–Kier alpha value is -1.02. The molecule has 2 heteroatoms. The van der Waals surface area contributed by atoms with Crippen molar-refractivity contribution in [3.8, 4) is 5.75 Å². The molecule has 0 saturated heterocycles. The van der Waals surface area contributed by atoms with E-state index in [1.54, 1.807) is 7.11 Å². The number of hydrogen-bond acceptors (Lipinski definition) is 2. The number of ether oxygens (including phenoxy) is 1. The lowest BCUT2D eigenvalue weighted by Crippen LogP contribution is -2.10. The molecule has 2 nitrogen and oxygen atoms in total. The van der Waals surface area contributed by atoms with Gasteiger partial charge in [0.05, 0.1) is 7.11 Å². The fourth-order valence-corrected chi connectivity index (χ4v) is 2.30. The number of aliphatic hydroxyl groups is 1. The van der Waals surface area contributed by atoms with Crippen LogP contribution in [-0.4, -0.2) is 18.8 Å². The molecule has 0 saturated carbocycles. The van der Waals surface area contributed by atoms with Crippen LogP contribution < -0.4 is 4.74 Å². The molecule has 0 aliphatic carbocycles. The van der Waals surface area contributed by atoms with Crippen molar-refractivity contribution < 1.29 is 9.84 Å². The molecule has 0 bridgehead atoms. The van der Waals surface area contributed by atoms with Crippen LogP contribution in [-0.2, 0) is 6.42 Å². The Morgan fingerprint density at radius 3 is 2.61 bits per heavy atom. The molecule has 18 heavy (non-hydrogen) atoms. The van der Waals surface area contributed by atoms with E-state index in [1.807, 2.05) is 18.2 Å². The zero-order valence-electron chi connectivity index (χ0n) is 11.7. The zero-order chi connectivity index (χ0) is 13.2. The predicted octanol–water partition coefficient (Wildman–Crippen LogP) is 3.82. The third-order valence-corrected chi connectivity index (χ3v) is 3.43. The summed E-state index contributed by atoms with van der Waals surface area (Å²) in [6.07, 6.45) is 7.07. The summed E-state index contributed by atoms with van der Waals surface area (Å²) < 4.78 is 5.35. The van der Waals surface area contributed by atoms with Crippen LogP contribution in [0.2, 0.25) is 0 Å². The largest absolute Gasteiger partial charge is 0.496 e. The number of methoxy groups -OCH3 is 1. The van der Waals surface area contributed by atoms with E-state index in [4.69, 9.17) is 4.74 Å². The van der Waals surface area contributed by atoms with E-state index >= 15 is 0 Å². The second-order valence-electron chi connectivity index (χ2n) is 4.91. The molecule has 102 valence electrons. The summed E-state index contributed by atoms with van der Waals surface area (Å²) in [7, 11) is 1.70. The first-order valence-electron chi connectivity index (χ1n) is 7.04. The molecule has 0 radical (unpaired) electrons. The summed E-state index contributed by atoms with van der Waals surface area (Å²) in [5, 5.41) is 9.47. The van der Waals surface area contributed by atoms with Gasteiger partial charge in [-0.1, -0.05) is 50.8 Å². The van der Waals surface area contributed by atoms with Gasteiger partial charge in [0.25, 0.3) is 0 Å². The van der Waals surface area contributed by atoms with Gasteiger partial charge in [-0.25, -0.2) is 0 Å². The predicted molar refractivity (Wildman–Crippen MR) is 76.0 cm³/mol. The Bertz CT molecular complexity index is 323. The van der Waals surface area contributed by atoms with Crippen LogP contribution in [0.3, 0.4) is 0 Å². The van der Waals surface area contributed by atoms with Gasteiger partial charge in [-0.15, -0.1) is 0 Å². The van der Waals surface area contributed by atoms with E-state index in [-0.39, 0.29) is 6.61 Å². The Kier molecular flexibility index (Phi) is 7.51. The molecule has 0 heterocycles. The van der Waals surface area contributed by atoms with Gasteiger partial charge in [0.2, 0.25) is 0 Å². The summed E-state index contributed by atoms with van der Waals surface area (Å²) in [5.41, 5.74) is 1.20. The van der Waals surface area contributed by atoms with Crippen LogP contribution in [0.5, 0.6) is 5.75 Å². The highest BCUT2D eigenvalue weighted by Gasteiger charge is 2.11. The minimum Gasteiger partial charge on any atom is -0.496 e. The van der Waals surface area contributed by atoms with E-state index in [9.17, 15) is 5.11 Å². The summed E-state index contributed by atoms with van der Waals surface area (Å²) in [4.78, 5) is 0. The van der Waals surface area contributed by atoms with Gasteiger partial charge in [0, 0.05) is 6.61 Å². The number of rotatable bonds is 9. The van der Waals surface area contributed by atoms with Crippen molar-refractivity contribution in [1.29, 1.82) is 0 Å². The quantitative estimate of drug-likeness (QED) is 0.675. The van der Waals surface area contributed by atoms with Gasteiger partial charge in [-0.05, 0) is 30.4 Å². The second kappa shape index (κ2) is 8.98. The normalized spacial score (nSPS) is 12.4. The Labute approximate surface area is 111 Å². The van der Waals surface area contributed by atoms with Crippen LogP contribution >= 0.6 is 0 Å². The first kappa shape index (κ1) is 15.0. The Morgan fingerprint density at radius 1 is 1.17 bits per heavy atom. The maximum Gasteiger partial charge on any atom is 0.122 e. The first-order chi connectivity index (χ1) is 8.81. The molecule has 0 fully saturated rings. The average Bonchev–Trinajstić information content (AvgIpc) is 2.42. The third-order valence-electron chi connectivity index (χ3n) is 3.43. The van der Waals surface area contributed by atoms with E-state index < -0.39 is 0 Å². The number of unbranched alkanes of at least 4 members (excludes halogenated alkanes) is 3. The molecule has 0 spiro atoms. The fraction of sp³-hybridized carbons (Fsp3) is 0.625. The van der Waals surface area contributed by atoms with Crippen LogP contribution in [0.15, 0.2) is 24.3 Å². The first-order valence-corrected chi connectivity index (χ1v) is 7.04. The van der Waals surface area contributed by atoms with Crippen molar-refractivity contribution in [2.75, 3.05) is 13.7 Å². The van der Waals surface area contributed by atoms with Gasteiger partial charge >= 0.3 is 0 Å². The molecule has 0 aliphatic rings. The highest BCUT2D eigenvalue weighted by Crippen LogP contribution is 2.23. The molecule has 1 aromatic carbocycles. The van der Waals surface area contributed by atoms with Gasteiger partial charge in [-0.3, -0.25) is 0 Å². The molecule has 1 N–H and O–H groups in total. The lowest BCUT2D eigenvalue weighted by atomic mass is 9.94. The molecule has 1 aromatic rings. The van der Waals surface area contributed by atoms with Crippen molar-refractivity contribution in [2.45, 2.75) is 45.4 Å². The maximum absolute atomic E-state index is 9.47. The molecule has 0 amide bonds. The lowest BCUT2D eigenvalue weighted by molar-refractivity contribution is 0.214. The SMILES string of the molecule is CCCCCCC(CO)Cc1ccccc1OC. The highest BCUT2D eigenvalue weighted by atomic mass is 16.5. The van der Waals surface area contributed by atoms with Crippen LogP contribution in [0.4, 0.5) is 0 Å². The minimum atomic E-state index is 0.268. The van der Waals surface area contributed by atoms with Crippen molar-refractivity contribution in [3.63, 3.8) is 0 Å². The molecular formula is C16H26O2. The number of para-hydroxylation sites is 1. The number of aliphatic hydroxyl groups excluding tert-OH is 1. The van der Waals surface area contributed by atoms with Crippen molar-refractivity contribution in [1.82, 2.24) is 0 Å². The molecular weight excluding hydrogens is 224 g/mol. The van der Waals surface area contributed by atoms with E-state index in [1.165, 1.54) is 31.2 Å². The van der Waals surface area contributed by atoms with Gasteiger partial charge in [-0.2, -0.15) is 0 Å². The molecule has 0 aliphatic heterocycles. The molecule has 1 unspecified atom stereocenters. The van der Waals surface area contributed by atoms with Gasteiger partial charge < -0.3 is 9.84 Å². The topological polar surface area (TPSA) is 29.5 Å². The monoisotopic (exact) mass is 250 g/mol. The Balaban J connectivity index is 2.46. The maximum atomic E-state index is 9.47. The fourth-order valence-electron chi connectivity index (χ4n) is 2.30. The van der Waals surface area contributed by atoms with Crippen LogP contribution in [0.25, 0.3) is 0 Å². The van der Waals surface area contributed by atoms with Crippen LogP contribution in [0, 0.1) is 5.92 Å². The zero-order valence-corrected chi connectivity index (χ0v) is 11.7. The van der Waals surface area contributed by atoms with Gasteiger partial charge in [0.1, 0.15) is 5.75 Å². The third kappa shape index (κ3) is 5.09. The van der Waals surface area contributed by atoms with Crippen molar-refractivity contribution in [3.05, 3.63) is 29.8 Å². The van der Waals surface area contributed by atoms with E-state index in [2.05, 4.69) is 13.0 Å². The lowest BCUT2D eigenvalue weighted by Gasteiger charge is -2.16. The second-order valence-corrected chi connectivity index (χ2v) is 4.91. The average molecular weight is 250 g/mol. The summed E-state index contributed by atoms with van der Waals surface area (Å²) in [5.74, 6) is 1.29. The van der Waals surface area contributed by atoms with Crippen molar-refractivity contribution in [2.24, 2.45) is 5.92 Å². The van der Waals surface area contributed by atoms with E-state index in [0.29, 0.717) is 5.92 Å². The van der Waals surface area contributed by atoms with Crippen molar-refractivity contribution >= 4 is 0 Å². The summed E-state index contributed by atoms with van der Waals surface area (Å²) in [6.45, 7) is 2.49. The number of hydrogen-bond donors (Lipinski definition) is 1. The summed E-state index contributed by atoms with van der Waals surface area (Å²) >= 11 is 0. The molecule has 1 atom stereocenters. The van der Waals surface area contributed by atoms with Crippen LogP contribution in [0.1, 0.15) is 44.6 Å². The minimum absolute atomic E-state index is 0.268. The van der Waals surface area contributed by atoms with Gasteiger partial charge in [0.15, 0.2) is 0 Å².